The van der Waals surface area contributed by atoms with Gasteiger partial charge in [-0.3, -0.25) is 0 Å². The van der Waals surface area contributed by atoms with Crippen molar-refractivity contribution < 1.29 is 27.4 Å². The second-order valence-corrected chi connectivity index (χ2v) is 11.4. The fourth-order valence-corrected chi connectivity index (χ4v) is 6.00. The molecule has 0 radical (unpaired) electrons. The average molecular weight is 609 g/mol. The van der Waals surface area contributed by atoms with Crippen molar-refractivity contribution in [2.45, 2.75) is 58.4 Å². The van der Waals surface area contributed by atoms with E-state index in [0.717, 1.165) is 53.6 Å². The van der Waals surface area contributed by atoms with Crippen LogP contribution in [0.5, 0.6) is 17.4 Å². The molecule has 1 aromatic carbocycles. The van der Waals surface area contributed by atoms with E-state index in [1.54, 1.807) is 17.2 Å². The summed E-state index contributed by atoms with van der Waals surface area (Å²) in [5.74, 6) is 0.808. The topological polar surface area (TPSA) is 95.6 Å². The van der Waals surface area contributed by atoms with Gasteiger partial charge in [0, 0.05) is 31.5 Å². The molecule has 2 N–H and O–H groups in total. The second-order valence-electron chi connectivity index (χ2n) is 11.4. The van der Waals surface area contributed by atoms with Crippen molar-refractivity contribution in [1.29, 1.82) is 0 Å². The summed E-state index contributed by atoms with van der Waals surface area (Å²) in [5, 5.41) is 3.49. The quantitative estimate of drug-likeness (QED) is 0.243. The van der Waals surface area contributed by atoms with Crippen LogP contribution in [0.4, 0.5) is 23.7 Å². The van der Waals surface area contributed by atoms with Gasteiger partial charge in [-0.15, -0.1) is 0 Å². The molecule has 1 fully saturated rings. The fraction of sp³-hybridized carbons (Fsp3) is 0.406. The molecule has 1 saturated heterocycles. The molecule has 0 bridgehead atoms. The van der Waals surface area contributed by atoms with Gasteiger partial charge >= 0.3 is 12.2 Å². The first kappa shape index (κ1) is 29.7. The molecule has 5 heterocycles. The van der Waals surface area contributed by atoms with Gasteiger partial charge < -0.3 is 29.6 Å². The van der Waals surface area contributed by atoms with Crippen LogP contribution in [0.25, 0.3) is 11.0 Å². The maximum absolute atomic E-state index is 14.0. The highest BCUT2D eigenvalue weighted by molar-refractivity contribution is 5.90. The van der Waals surface area contributed by atoms with Crippen molar-refractivity contribution in [2.24, 2.45) is 0 Å². The van der Waals surface area contributed by atoms with E-state index >= 15 is 0 Å². The van der Waals surface area contributed by atoms with E-state index in [0.29, 0.717) is 37.3 Å². The number of anilines is 1. The minimum atomic E-state index is -4.69. The van der Waals surface area contributed by atoms with Crippen molar-refractivity contribution in [2.75, 3.05) is 31.5 Å². The number of aromatic nitrogens is 3. The summed E-state index contributed by atoms with van der Waals surface area (Å²) in [7, 11) is 0. The first-order valence-corrected chi connectivity index (χ1v) is 14.9. The third kappa shape index (κ3) is 6.17. The molecule has 3 aromatic heterocycles. The molecule has 0 aliphatic carbocycles. The molecule has 44 heavy (non-hydrogen) atoms. The highest BCUT2D eigenvalue weighted by Crippen LogP contribution is 2.39. The number of nitrogens with one attached hydrogen (secondary N) is 2. The van der Waals surface area contributed by atoms with Gasteiger partial charge in [-0.25, -0.2) is 14.8 Å². The van der Waals surface area contributed by atoms with Gasteiger partial charge in [-0.05, 0) is 81.1 Å². The number of pyridine rings is 2. The van der Waals surface area contributed by atoms with Gasteiger partial charge in [-0.2, -0.15) is 13.2 Å². The predicted molar refractivity (Wildman–Crippen MR) is 160 cm³/mol. The number of rotatable bonds is 6. The molecule has 2 amide bonds. The van der Waals surface area contributed by atoms with Crippen molar-refractivity contribution in [3.8, 4) is 17.4 Å². The smallest absolute Gasteiger partial charge is 0.421 e. The summed E-state index contributed by atoms with van der Waals surface area (Å²) in [5.41, 5.74) is 2.64. The zero-order chi connectivity index (χ0) is 31.0. The zero-order valence-corrected chi connectivity index (χ0v) is 24.9. The molecule has 9 nitrogen and oxygen atoms in total. The van der Waals surface area contributed by atoms with Crippen LogP contribution in [0.3, 0.4) is 0 Å². The minimum Gasteiger partial charge on any atom is -0.474 e. The molecule has 12 heteroatoms. The normalized spacial score (nSPS) is 17.9. The monoisotopic (exact) mass is 608 g/mol. The molecule has 6 rings (SSSR count). The van der Waals surface area contributed by atoms with E-state index in [9.17, 15) is 18.0 Å². The Kier molecular flexibility index (Phi) is 8.10. The number of halogens is 3. The van der Waals surface area contributed by atoms with Gasteiger partial charge in [0.25, 0.3) is 0 Å². The Morgan fingerprint density at radius 3 is 2.66 bits per heavy atom. The van der Waals surface area contributed by atoms with E-state index in [1.807, 2.05) is 38.1 Å². The second kappa shape index (κ2) is 12.0. The molecular weight excluding hydrogens is 573 g/mol. The molecule has 0 spiro atoms. The average Bonchev–Trinajstić information content (AvgIpc) is 3.39. The van der Waals surface area contributed by atoms with Crippen LogP contribution in [0.15, 0.2) is 48.8 Å². The van der Waals surface area contributed by atoms with Crippen molar-refractivity contribution in [3.63, 3.8) is 0 Å². The number of amides is 2. The summed E-state index contributed by atoms with van der Waals surface area (Å²) < 4.78 is 54.0. The fourth-order valence-electron chi connectivity index (χ4n) is 6.00. The van der Waals surface area contributed by atoms with E-state index in [4.69, 9.17) is 9.47 Å². The summed E-state index contributed by atoms with van der Waals surface area (Å²) >= 11 is 0. The first-order valence-electron chi connectivity index (χ1n) is 14.9. The number of urea groups is 1. The van der Waals surface area contributed by atoms with Crippen LogP contribution in [0.2, 0.25) is 0 Å². The molecule has 1 atom stereocenters. The molecule has 0 saturated carbocycles. The Balaban J connectivity index is 1.17. The number of likely N-dealkylation sites (tertiary alicyclic amines) is 1. The van der Waals surface area contributed by atoms with Crippen LogP contribution < -0.4 is 14.8 Å². The number of nitrogens with zero attached hydrogens (tertiary/aromatic N) is 4. The number of carbonyl (C=O) groups excluding carboxylic acids is 1. The van der Waals surface area contributed by atoms with E-state index in [-0.39, 0.29) is 17.8 Å². The Hall–Kier alpha value is -4.32. The molecule has 232 valence electrons. The van der Waals surface area contributed by atoms with Crippen molar-refractivity contribution in [3.05, 3.63) is 71.2 Å². The Bertz CT molecular complexity index is 1660. The summed E-state index contributed by atoms with van der Waals surface area (Å²) in [4.78, 5) is 28.7. The molecule has 4 aromatic rings. The summed E-state index contributed by atoms with van der Waals surface area (Å²) in [6, 6.07) is 9.60. The lowest BCUT2D eigenvalue weighted by atomic mass is 9.93. The number of aromatic amines is 1. The number of benzene rings is 1. The number of fused-ring (bicyclic) bond motifs is 2. The maximum Gasteiger partial charge on any atom is 0.421 e. The van der Waals surface area contributed by atoms with Crippen LogP contribution in [-0.4, -0.2) is 63.1 Å². The molecule has 2 aliphatic heterocycles. The summed E-state index contributed by atoms with van der Waals surface area (Å²) in [6.07, 6.45) is -0.285. The molecule has 2 aliphatic rings. The van der Waals surface area contributed by atoms with Gasteiger partial charge in [0.1, 0.15) is 28.8 Å². The van der Waals surface area contributed by atoms with Gasteiger partial charge in [0.2, 0.25) is 5.88 Å². The van der Waals surface area contributed by atoms with Gasteiger partial charge in [-0.1, -0.05) is 13.0 Å². The Morgan fingerprint density at radius 2 is 1.91 bits per heavy atom. The first-order chi connectivity index (χ1) is 21.1. The van der Waals surface area contributed by atoms with E-state index in [2.05, 4.69) is 32.1 Å². The van der Waals surface area contributed by atoms with Crippen LogP contribution in [0, 0.1) is 6.92 Å². The highest BCUT2D eigenvalue weighted by Gasteiger charge is 2.37. The number of hydrogen-bond donors (Lipinski definition) is 2. The number of alkyl halides is 3. The SMILES string of the molecule is CCN1CCC(Oc2ncc(NC(=O)N3CCc4ccc(Oc5ccnc6[nH]c(C)cc56)cc4[C@@H]3C)cc2C(F)(F)F)CC1. The highest BCUT2D eigenvalue weighted by atomic mass is 19.4. The minimum absolute atomic E-state index is 0.0472. The number of carbonyl (C=O) groups is 1. The molecule has 0 unspecified atom stereocenters. The maximum atomic E-state index is 14.0. The van der Waals surface area contributed by atoms with Gasteiger partial charge in [0.05, 0.1) is 23.3 Å². The third-order valence-electron chi connectivity index (χ3n) is 8.44. The molecular formula is C32H35F3N6O3. The Morgan fingerprint density at radius 1 is 1.11 bits per heavy atom. The van der Waals surface area contributed by atoms with Gasteiger partial charge in [0.15, 0.2) is 0 Å². The van der Waals surface area contributed by atoms with Crippen molar-refractivity contribution >= 4 is 22.8 Å². The lowest BCUT2D eigenvalue weighted by Crippen LogP contribution is -2.41. The lowest BCUT2D eigenvalue weighted by molar-refractivity contribution is -0.139. The number of H-pyrrole nitrogens is 1. The lowest BCUT2D eigenvalue weighted by Gasteiger charge is -2.35. The predicted octanol–water partition coefficient (Wildman–Crippen LogP) is 7.09. The largest absolute Gasteiger partial charge is 0.474 e. The van der Waals surface area contributed by atoms with E-state index < -0.39 is 23.7 Å². The zero-order valence-electron chi connectivity index (χ0n) is 24.9. The van der Waals surface area contributed by atoms with Crippen LogP contribution in [-0.2, 0) is 12.6 Å². The number of ether oxygens (including phenoxy) is 2. The Labute approximate surface area is 253 Å². The van der Waals surface area contributed by atoms with E-state index in [1.165, 1.54) is 6.20 Å². The summed E-state index contributed by atoms with van der Waals surface area (Å²) in [6.45, 7) is 8.73. The van der Waals surface area contributed by atoms with Crippen LogP contribution in [0.1, 0.15) is 55.1 Å². The number of aryl methyl sites for hydroxylation is 1. The third-order valence-corrected chi connectivity index (χ3v) is 8.44. The number of piperidine rings is 1. The number of hydrogen-bond acceptors (Lipinski definition) is 6. The van der Waals surface area contributed by atoms with Crippen LogP contribution >= 0.6 is 0 Å². The standard InChI is InChI=1S/C32H35F3N6O3/c1-4-40-12-9-23(10-13-40)44-30-27(32(33,34)35)16-22(18-37-30)39-31(42)41-14-8-21-5-6-24(17-25(21)20(41)3)43-28-7-11-36-29-26(28)15-19(2)38-29/h5-7,11,15-18,20,23H,4,8-10,12-14H2,1-3H3,(H,36,38)(H,39,42)/t20-/m0/s1. The van der Waals surface area contributed by atoms with Crippen molar-refractivity contribution in [1.82, 2.24) is 24.8 Å².